The highest BCUT2D eigenvalue weighted by molar-refractivity contribution is 5.27. The summed E-state index contributed by atoms with van der Waals surface area (Å²) in [4.78, 5) is 0. The number of rotatable bonds is 5. The summed E-state index contributed by atoms with van der Waals surface area (Å²) < 4.78 is 13.3. The zero-order valence-electron chi connectivity index (χ0n) is 12.3. The molecule has 0 aliphatic carbocycles. The van der Waals surface area contributed by atoms with E-state index in [4.69, 9.17) is 0 Å². The zero-order valence-corrected chi connectivity index (χ0v) is 12.3. The quantitative estimate of drug-likeness (QED) is 0.831. The maximum atomic E-state index is 13.3. The van der Waals surface area contributed by atoms with Gasteiger partial charge in [-0.05, 0) is 55.0 Å². The van der Waals surface area contributed by atoms with Gasteiger partial charge in [-0.1, -0.05) is 33.8 Å². The fourth-order valence-electron chi connectivity index (χ4n) is 2.08. The molecule has 1 aromatic rings. The van der Waals surface area contributed by atoms with Gasteiger partial charge in [-0.3, -0.25) is 0 Å². The third-order valence-electron chi connectivity index (χ3n) is 3.42. The lowest BCUT2D eigenvalue weighted by Gasteiger charge is -2.32. The highest BCUT2D eigenvalue weighted by Crippen LogP contribution is 2.24. The number of benzene rings is 1. The van der Waals surface area contributed by atoms with Crippen LogP contribution in [0.1, 0.15) is 45.2 Å². The van der Waals surface area contributed by atoms with Crippen LogP contribution in [0.15, 0.2) is 18.2 Å². The van der Waals surface area contributed by atoms with Crippen LogP contribution >= 0.6 is 0 Å². The maximum Gasteiger partial charge on any atom is 0.123 e. The van der Waals surface area contributed by atoms with Crippen LogP contribution < -0.4 is 5.32 Å². The van der Waals surface area contributed by atoms with Gasteiger partial charge >= 0.3 is 0 Å². The summed E-state index contributed by atoms with van der Waals surface area (Å²) in [7, 11) is 0. The monoisotopic (exact) mass is 251 g/mol. The summed E-state index contributed by atoms with van der Waals surface area (Å²) in [6, 6.07) is 5.44. The van der Waals surface area contributed by atoms with Gasteiger partial charge in [-0.15, -0.1) is 0 Å². The number of hydrogen-bond donors (Lipinski definition) is 1. The Kier molecular flexibility index (Phi) is 5.33. The Morgan fingerprint density at radius 1 is 1.28 bits per heavy atom. The molecule has 0 amide bonds. The standard InChI is InChI=1S/C16H26FN/c1-6-9-18-15(16(3,4)5)11-13-10-14(17)8-7-12(13)2/h7-8,10,15,18H,6,9,11H2,1-5H3. The van der Waals surface area contributed by atoms with Crippen molar-refractivity contribution >= 4 is 0 Å². The lowest BCUT2D eigenvalue weighted by molar-refractivity contribution is 0.266. The highest BCUT2D eigenvalue weighted by atomic mass is 19.1. The summed E-state index contributed by atoms with van der Waals surface area (Å²) in [6.45, 7) is 11.9. The molecular formula is C16H26FN. The summed E-state index contributed by atoms with van der Waals surface area (Å²) >= 11 is 0. The van der Waals surface area contributed by atoms with Crippen molar-refractivity contribution in [2.75, 3.05) is 6.54 Å². The first-order chi connectivity index (χ1) is 8.34. The Balaban J connectivity index is 2.85. The van der Waals surface area contributed by atoms with Gasteiger partial charge in [0, 0.05) is 6.04 Å². The SMILES string of the molecule is CCCNC(Cc1cc(F)ccc1C)C(C)(C)C. The molecule has 1 nitrogen and oxygen atoms in total. The molecule has 1 unspecified atom stereocenters. The second-order valence-electron chi connectivity index (χ2n) is 6.15. The molecule has 0 bridgehead atoms. The van der Waals surface area contributed by atoms with E-state index in [0.29, 0.717) is 6.04 Å². The number of halogens is 1. The van der Waals surface area contributed by atoms with Crippen LogP contribution in [0.4, 0.5) is 4.39 Å². The maximum absolute atomic E-state index is 13.3. The van der Waals surface area contributed by atoms with Gasteiger partial charge in [-0.2, -0.15) is 0 Å². The van der Waals surface area contributed by atoms with Gasteiger partial charge in [0.15, 0.2) is 0 Å². The third kappa shape index (κ3) is 4.41. The van der Waals surface area contributed by atoms with E-state index in [-0.39, 0.29) is 11.2 Å². The Morgan fingerprint density at radius 2 is 1.94 bits per heavy atom. The van der Waals surface area contributed by atoms with Crippen LogP contribution in [0, 0.1) is 18.2 Å². The number of nitrogens with one attached hydrogen (secondary N) is 1. The summed E-state index contributed by atoms with van der Waals surface area (Å²) in [6.07, 6.45) is 2.00. The Morgan fingerprint density at radius 3 is 2.50 bits per heavy atom. The molecule has 0 saturated carbocycles. The Hall–Kier alpha value is -0.890. The van der Waals surface area contributed by atoms with E-state index < -0.39 is 0 Å². The van der Waals surface area contributed by atoms with Crippen LogP contribution in [0.3, 0.4) is 0 Å². The van der Waals surface area contributed by atoms with Crippen LogP contribution in [0.2, 0.25) is 0 Å². The molecule has 18 heavy (non-hydrogen) atoms. The van der Waals surface area contributed by atoms with Crippen molar-refractivity contribution < 1.29 is 4.39 Å². The minimum absolute atomic E-state index is 0.140. The van der Waals surface area contributed by atoms with E-state index >= 15 is 0 Å². The van der Waals surface area contributed by atoms with Gasteiger partial charge in [-0.25, -0.2) is 4.39 Å². The van der Waals surface area contributed by atoms with Crippen molar-refractivity contribution in [2.45, 2.75) is 53.5 Å². The molecule has 1 atom stereocenters. The molecule has 1 N–H and O–H groups in total. The second-order valence-corrected chi connectivity index (χ2v) is 6.15. The summed E-state index contributed by atoms with van der Waals surface area (Å²) in [5.41, 5.74) is 2.45. The van der Waals surface area contributed by atoms with Crippen LogP contribution in [0.25, 0.3) is 0 Å². The minimum Gasteiger partial charge on any atom is -0.313 e. The van der Waals surface area contributed by atoms with E-state index in [1.54, 1.807) is 6.07 Å². The van der Waals surface area contributed by atoms with Gasteiger partial charge in [0.2, 0.25) is 0 Å². The topological polar surface area (TPSA) is 12.0 Å². The first-order valence-corrected chi connectivity index (χ1v) is 6.83. The van der Waals surface area contributed by atoms with Crippen LogP contribution in [0.5, 0.6) is 0 Å². The van der Waals surface area contributed by atoms with Crippen molar-refractivity contribution in [1.82, 2.24) is 5.32 Å². The average molecular weight is 251 g/mol. The molecule has 0 fully saturated rings. The van der Waals surface area contributed by atoms with Crippen molar-refractivity contribution in [1.29, 1.82) is 0 Å². The van der Waals surface area contributed by atoms with Gasteiger partial charge < -0.3 is 5.32 Å². The van der Waals surface area contributed by atoms with E-state index in [1.807, 2.05) is 13.0 Å². The van der Waals surface area contributed by atoms with Crippen LogP contribution in [-0.2, 0) is 6.42 Å². The van der Waals surface area contributed by atoms with Gasteiger partial charge in [0.25, 0.3) is 0 Å². The first kappa shape index (κ1) is 15.2. The molecule has 0 aliphatic heterocycles. The summed E-state index contributed by atoms with van der Waals surface area (Å²) in [5, 5.41) is 3.58. The van der Waals surface area contributed by atoms with Crippen molar-refractivity contribution in [3.8, 4) is 0 Å². The molecule has 1 rings (SSSR count). The predicted molar refractivity (Wildman–Crippen MR) is 76.4 cm³/mol. The average Bonchev–Trinajstić information content (AvgIpc) is 2.27. The van der Waals surface area contributed by atoms with E-state index in [0.717, 1.165) is 24.9 Å². The lowest BCUT2D eigenvalue weighted by atomic mass is 9.82. The van der Waals surface area contributed by atoms with E-state index in [1.165, 1.54) is 11.6 Å². The van der Waals surface area contributed by atoms with Crippen LogP contribution in [-0.4, -0.2) is 12.6 Å². The molecular weight excluding hydrogens is 225 g/mol. The van der Waals surface area contributed by atoms with E-state index in [9.17, 15) is 4.39 Å². The van der Waals surface area contributed by atoms with Crippen molar-refractivity contribution in [3.63, 3.8) is 0 Å². The molecule has 0 saturated heterocycles. The van der Waals surface area contributed by atoms with E-state index in [2.05, 4.69) is 33.0 Å². The Bertz CT molecular complexity index is 379. The van der Waals surface area contributed by atoms with Crippen molar-refractivity contribution in [2.24, 2.45) is 5.41 Å². The third-order valence-corrected chi connectivity index (χ3v) is 3.42. The molecule has 1 aromatic carbocycles. The first-order valence-electron chi connectivity index (χ1n) is 6.83. The smallest absolute Gasteiger partial charge is 0.123 e. The molecule has 0 aliphatic rings. The number of aryl methyl sites for hydroxylation is 1. The molecule has 0 radical (unpaired) electrons. The summed E-state index contributed by atoms with van der Waals surface area (Å²) in [5.74, 6) is -0.140. The number of hydrogen-bond acceptors (Lipinski definition) is 1. The lowest BCUT2D eigenvalue weighted by Crippen LogP contribution is -2.42. The molecule has 0 aromatic heterocycles. The van der Waals surface area contributed by atoms with Gasteiger partial charge in [0.1, 0.15) is 5.82 Å². The molecule has 0 spiro atoms. The highest BCUT2D eigenvalue weighted by Gasteiger charge is 2.24. The molecule has 2 heteroatoms. The molecule has 0 heterocycles. The second kappa shape index (κ2) is 6.33. The fraction of sp³-hybridized carbons (Fsp3) is 0.625. The Labute approximate surface area is 111 Å². The molecule has 102 valence electrons. The predicted octanol–water partition coefficient (Wildman–Crippen LogP) is 4.09. The minimum atomic E-state index is -0.140. The zero-order chi connectivity index (χ0) is 13.8. The fourth-order valence-corrected chi connectivity index (χ4v) is 2.08. The largest absolute Gasteiger partial charge is 0.313 e. The van der Waals surface area contributed by atoms with Gasteiger partial charge in [0.05, 0.1) is 0 Å². The normalized spacial score (nSPS) is 13.7. The van der Waals surface area contributed by atoms with Crippen molar-refractivity contribution in [3.05, 3.63) is 35.1 Å².